The Morgan fingerprint density at radius 1 is 1.22 bits per heavy atom. The third-order valence-electron chi connectivity index (χ3n) is 6.35. The fourth-order valence-corrected chi connectivity index (χ4v) is 6.54. The SMILES string of the molecule is Cc1nc(C)c(-c2csc(Nc3ccc(C(=O)N4[C@H]5CCC[C@]4(C(=O)O)CC5)cn3)n2)s1. The van der Waals surface area contributed by atoms with E-state index in [4.69, 9.17) is 0 Å². The van der Waals surface area contributed by atoms with Gasteiger partial charge in [-0.3, -0.25) is 4.79 Å². The van der Waals surface area contributed by atoms with Crippen LogP contribution in [0.25, 0.3) is 10.6 Å². The van der Waals surface area contributed by atoms with Gasteiger partial charge in [0.15, 0.2) is 5.13 Å². The number of hydrogen-bond acceptors (Lipinski definition) is 8. The summed E-state index contributed by atoms with van der Waals surface area (Å²) in [5.41, 5.74) is 1.19. The third kappa shape index (κ3) is 3.47. The Labute approximate surface area is 193 Å². The average molecular weight is 470 g/mol. The molecular formula is C22H23N5O3S2. The van der Waals surface area contributed by atoms with E-state index in [1.54, 1.807) is 28.4 Å². The molecule has 5 heterocycles. The summed E-state index contributed by atoms with van der Waals surface area (Å²) in [6, 6.07) is 3.43. The molecule has 0 unspecified atom stereocenters. The fraction of sp³-hybridized carbons (Fsp3) is 0.409. The van der Waals surface area contributed by atoms with Gasteiger partial charge in [0, 0.05) is 17.6 Å². The minimum Gasteiger partial charge on any atom is -0.479 e. The first-order valence-corrected chi connectivity index (χ1v) is 12.3. The molecule has 166 valence electrons. The van der Waals surface area contributed by atoms with Crippen LogP contribution in [0, 0.1) is 13.8 Å². The Bertz CT molecular complexity index is 1180. The summed E-state index contributed by atoms with van der Waals surface area (Å²) in [7, 11) is 0. The number of rotatable bonds is 5. The second-order valence-electron chi connectivity index (χ2n) is 8.34. The number of thiazole rings is 2. The first kappa shape index (κ1) is 21.0. The Morgan fingerprint density at radius 3 is 2.75 bits per heavy atom. The molecule has 0 spiro atoms. The van der Waals surface area contributed by atoms with Crippen molar-refractivity contribution in [1.82, 2.24) is 19.9 Å². The molecule has 32 heavy (non-hydrogen) atoms. The van der Waals surface area contributed by atoms with Gasteiger partial charge in [0.05, 0.1) is 26.8 Å². The van der Waals surface area contributed by atoms with Gasteiger partial charge in [-0.1, -0.05) is 0 Å². The van der Waals surface area contributed by atoms with Crippen LogP contribution < -0.4 is 5.32 Å². The first-order chi connectivity index (χ1) is 15.4. The van der Waals surface area contributed by atoms with Crippen molar-refractivity contribution in [3.05, 3.63) is 40.0 Å². The molecule has 0 radical (unpaired) electrons. The van der Waals surface area contributed by atoms with Crippen molar-refractivity contribution in [3.63, 3.8) is 0 Å². The van der Waals surface area contributed by atoms with Crippen LogP contribution in [0.1, 0.15) is 53.2 Å². The van der Waals surface area contributed by atoms with Crippen LogP contribution >= 0.6 is 22.7 Å². The zero-order valence-corrected chi connectivity index (χ0v) is 19.4. The van der Waals surface area contributed by atoms with E-state index in [0.717, 1.165) is 40.5 Å². The van der Waals surface area contributed by atoms with Crippen LogP contribution in [0.4, 0.5) is 10.9 Å². The summed E-state index contributed by atoms with van der Waals surface area (Å²) in [6.45, 7) is 3.96. The Morgan fingerprint density at radius 2 is 2.06 bits per heavy atom. The minimum absolute atomic E-state index is 0.00211. The van der Waals surface area contributed by atoms with E-state index < -0.39 is 11.5 Å². The molecule has 10 heteroatoms. The highest BCUT2D eigenvalue weighted by molar-refractivity contribution is 7.16. The summed E-state index contributed by atoms with van der Waals surface area (Å²) in [4.78, 5) is 41.4. The topological polar surface area (TPSA) is 108 Å². The number of aromatic nitrogens is 3. The first-order valence-electron chi connectivity index (χ1n) is 10.6. The van der Waals surface area contributed by atoms with Crippen LogP contribution in [-0.4, -0.2) is 48.4 Å². The molecule has 0 aromatic carbocycles. The lowest BCUT2D eigenvalue weighted by Gasteiger charge is -2.41. The molecule has 0 saturated carbocycles. The number of aryl methyl sites for hydroxylation is 2. The molecule has 2 fully saturated rings. The van der Waals surface area contributed by atoms with Gasteiger partial charge in [-0.05, 0) is 58.1 Å². The van der Waals surface area contributed by atoms with Crippen molar-refractivity contribution in [2.24, 2.45) is 0 Å². The highest BCUT2D eigenvalue weighted by Crippen LogP contribution is 2.45. The number of nitrogens with zero attached hydrogens (tertiary/aromatic N) is 4. The lowest BCUT2D eigenvalue weighted by atomic mass is 9.87. The van der Waals surface area contributed by atoms with Gasteiger partial charge in [0.1, 0.15) is 11.4 Å². The Balaban J connectivity index is 1.32. The van der Waals surface area contributed by atoms with E-state index in [2.05, 4.69) is 20.3 Å². The van der Waals surface area contributed by atoms with Crippen molar-refractivity contribution in [1.29, 1.82) is 0 Å². The number of pyridine rings is 1. The molecule has 2 N–H and O–H groups in total. The number of carbonyl (C=O) groups excluding carboxylic acids is 1. The maximum absolute atomic E-state index is 13.2. The number of amides is 1. The average Bonchev–Trinajstić information content (AvgIpc) is 3.42. The van der Waals surface area contributed by atoms with Crippen LogP contribution in [0.3, 0.4) is 0 Å². The van der Waals surface area contributed by atoms with Crippen LogP contribution in [0.5, 0.6) is 0 Å². The van der Waals surface area contributed by atoms with Gasteiger partial charge in [-0.2, -0.15) is 0 Å². The Hall–Kier alpha value is -2.85. The van der Waals surface area contributed by atoms with Crippen LogP contribution in [0.2, 0.25) is 0 Å². The summed E-state index contributed by atoms with van der Waals surface area (Å²) in [5, 5.41) is 16.7. The number of hydrogen-bond donors (Lipinski definition) is 2. The van der Waals surface area contributed by atoms with Crippen LogP contribution in [0.15, 0.2) is 23.7 Å². The molecule has 1 amide bonds. The van der Waals surface area contributed by atoms with Gasteiger partial charge in [-0.25, -0.2) is 19.7 Å². The number of anilines is 2. The van der Waals surface area contributed by atoms with Crippen molar-refractivity contribution < 1.29 is 14.7 Å². The molecule has 2 aliphatic rings. The molecular weight excluding hydrogens is 446 g/mol. The third-order valence-corrected chi connectivity index (χ3v) is 8.20. The Kier molecular flexibility index (Phi) is 5.21. The van der Waals surface area contributed by atoms with E-state index in [1.807, 2.05) is 19.2 Å². The van der Waals surface area contributed by atoms with Gasteiger partial charge >= 0.3 is 5.97 Å². The molecule has 3 aromatic rings. The van der Waals surface area contributed by atoms with E-state index >= 15 is 0 Å². The zero-order valence-electron chi connectivity index (χ0n) is 17.8. The predicted molar refractivity (Wildman–Crippen MR) is 124 cm³/mol. The molecule has 2 atom stereocenters. The van der Waals surface area contributed by atoms with E-state index in [-0.39, 0.29) is 11.9 Å². The molecule has 2 bridgehead atoms. The number of carbonyl (C=O) groups is 2. The quantitative estimate of drug-likeness (QED) is 0.561. The van der Waals surface area contributed by atoms with Crippen molar-refractivity contribution in [2.45, 2.75) is 57.5 Å². The standard InChI is InChI=1S/C22H23N5O3S2/c1-12-18(32-13(2)24-12)16-11-31-21(25-16)26-17-6-5-14(10-23-17)19(28)27-15-4-3-8-22(27,9-7-15)20(29)30/h5-6,10-11,15H,3-4,7-9H2,1-2H3,(H,29,30)(H,23,25,26)/t15-,22+/m0/s1. The molecule has 3 aromatic heterocycles. The summed E-state index contributed by atoms with van der Waals surface area (Å²) >= 11 is 3.10. The lowest BCUT2D eigenvalue weighted by molar-refractivity contribution is -0.150. The van der Waals surface area contributed by atoms with Crippen molar-refractivity contribution in [2.75, 3.05) is 5.32 Å². The highest BCUT2D eigenvalue weighted by atomic mass is 32.1. The number of aliphatic carboxylic acids is 1. The normalized spacial score (nSPS) is 22.2. The minimum atomic E-state index is -1.07. The van der Waals surface area contributed by atoms with Crippen molar-refractivity contribution in [3.8, 4) is 10.6 Å². The largest absolute Gasteiger partial charge is 0.479 e. The second kappa shape index (κ2) is 7.93. The molecule has 8 nitrogen and oxygen atoms in total. The molecule has 5 rings (SSSR count). The van der Waals surface area contributed by atoms with Crippen LogP contribution in [-0.2, 0) is 4.79 Å². The van der Waals surface area contributed by atoms with E-state index in [0.29, 0.717) is 29.4 Å². The summed E-state index contributed by atoms with van der Waals surface area (Å²) < 4.78 is 0. The fourth-order valence-electron chi connectivity index (χ4n) is 4.88. The van der Waals surface area contributed by atoms with Gasteiger partial charge < -0.3 is 15.3 Å². The summed E-state index contributed by atoms with van der Waals surface area (Å²) in [6.07, 6.45) is 5.01. The van der Waals surface area contributed by atoms with Gasteiger partial charge in [0.2, 0.25) is 0 Å². The molecule has 2 aliphatic heterocycles. The van der Waals surface area contributed by atoms with Gasteiger partial charge in [0.25, 0.3) is 5.91 Å². The van der Waals surface area contributed by atoms with Crippen molar-refractivity contribution >= 4 is 45.5 Å². The highest BCUT2D eigenvalue weighted by Gasteiger charge is 2.56. The van der Waals surface area contributed by atoms with E-state index in [9.17, 15) is 14.7 Å². The molecule has 0 aliphatic carbocycles. The number of nitrogens with one attached hydrogen (secondary N) is 1. The smallest absolute Gasteiger partial charge is 0.329 e. The summed E-state index contributed by atoms with van der Waals surface area (Å²) in [5.74, 6) is -0.569. The molecule has 2 saturated heterocycles. The maximum Gasteiger partial charge on any atom is 0.329 e. The number of fused-ring (bicyclic) bond motifs is 2. The van der Waals surface area contributed by atoms with E-state index in [1.165, 1.54) is 17.5 Å². The lowest BCUT2D eigenvalue weighted by Crippen LogP contribution is -2.57. The maximum atomic E-state index is 13.2. The zero-order chi connectivity index (χ0) is 22.5. The number of carboxylic acids is 1. The monoisotopic (exact) mass is 469 g/mol. The second-order valence-corrected chi connectivity index (χ2v) is 10.4. The van der Waals surface area contributed by atoms with Gasteiger partial charge in [-0.15, -0.1) is 22.7 Å². The predicted octanol–water partition coefficient (Wildman–Crippen LogP) is 4.63. The number of piperidine rings is 1. The number of carboxylic acid groups (broad SMARTS) is 1.